The number of thiazole rings is 1. The van der Waals surface area contributed by atoms with Crippen molar-refractivity contribution in [1.29, 1.82) is 0 Å². The number of nitrogens with one attached hydrogen (secondary N) is 1. The molecule has 0 unspecified atom stereocenters. The van der Waals surface area contributed by atoms with E-state index in [1.807, 2.05) is 6.92 Å². The maximum atomic E-state index is 12.3. The summed E-state index contributed by atoms with van der Waals surface area (Å²) in [5.74, 6) is 0. The lowest BCUT2D eigenvalue weighted by molar-refractivity contribution is 0.582. The molecule has 26 heavy (non-hydrogen) atoms. The van der Waals surface area contributed by atoms with Crippen molar-refractivity contribution in [2.24, 2.45) is 0 Å². The molecule has 0 atom stereocenters. The molecule has 0 saturated heterocycles. The number of aryl methyl sites for hydroxylation is 2. The van der Waals surface area contributed by atoms with Gasteiger partial charge >= 0.3 is 0 Å². The summed E-state index contributed by atoms with van der Waals surface area (Å²) in [7, 11) is -3.53. The van der Waals surface area contributed by atoms with Crippen LogP contribution in [0.4, 0.5) is 0 Å². The van der Waals surface area contributed by atoms with Crippen LogP contribution in [0.15, 0.2) is 53.4 Å². The minimum Gasteiger partial charge on any atom is -0.241 e. The number of hydrogen-bond acceptors (Lipinski definition) is 4. The predicted molar refractivity (Wildman–Crippen MR) is 107 cm³/mol. The van der Waals surface area contributed by atoms with Crippen LogP contribution in [0.5, 0.6) is 0 Å². The normalized spacial score (nSPS) is 11.7. The Balaban J connectivity index is 1.66. The number of benzene rings is 2. The van der Waals surface area contributed by atoms with E-state index in [0.717, 1.165) is 21.1 Å². The fourth-order valence-electron chi connectivity index (χ4n) is 2.48. The number of hydrogen-bond donors (Lipinski definition) is 1. The summed E-state index contributed by atoms with van der Waals surface area (Å²) < 4.78 is 27.3. The van der Waals surface area contributed by atoms with Gasteiger partial charge in [0, 0.05) is 22.0 Å². The van der Waals surface area contributed by atoms with Crippen molar-refractivity contribution >= 4 is 33.0 Å². The molecular weight excluding hydrogens is 388 g/mol. The molecule has 0 spiro atoms. The Kier molecular flexibility index (Phi) is 5.77. The quantitative estimate of drug-likeness (QED) is 0.650. The van der Waals surface area contributed by atoms with Crippen LogP contribution in [0.2, 0.25) is 5.02 Å². The Labute approximate surface area is 162 Å². The van der Waals surface area contributed by atoms with Gasteiger partial charge in [-0.25, -0.2) is 18.1 Å². The lowest BCUT2D eigenvalue weighted by Crippen LogP contribution is -2.25. The number of halogens is 1. The van der Waals surface area contributed by atoms with Crippen molar-refractivity contribution in [3.8, 4) is 10.6 Å². The summed E-state index contributed by atoms with van der Waals surface area (Å²) in [6, 6.07) is 14.4. The molecule has 1 N–H and O–H groups in total. The number of nitrogens with zero attached hydrogens (tertiary/aromatic N) is 1. The van der Waals surface area contributed by atoms with Crippen molar-refractivity contribution < 1.29 is 8.42 Å². The first kappa shape index (κ1) is 19.0. The zero-order valence-electron chi connectivity index (χ0n) is 14.5. The molecule has 0 amide bonds. The summed E-state index contributed by atoms with van der Waals surface area (Å²) in [5.41, 5.74) is 3.23. The van der Waals surface area contributed by atoms with Crippen molar-refractivity contribution in [3.05, 3.63) is 69.7 Å². The second-order valence-corrected chi connectivity index (χ2v) is 9.28. The van der Waals surface area contributed by atoms with Gasteiger partial charge in [0.05, 0.1) is 10.6 Å². The minimum atomic E-state index is -3.53. The first-order chi connectivity index (χ1) is 12.3. The molecule has 0 aliphatic carbocycles. The van der Waals surface area contributed by atoms with Crippen molar-refractivity contribution in [3.63, 3.8) is 0 Å². The number of rotatable bonds is 6. The first-order valence-electron chi connectivity index (χ1n) is 8.14. The van der Waals surface area contributed by atoms with Crippen molar-refractivity contribution in [2.45, 2.75) is 25.2 Å². The topological polar surface area (TPSA) is 59.1 Å². The molecule has 4 nitrogen and oxygen atoms in total. The average Bonchev–Trinajstić information content (AvgIpc) is 2.97. The summed E-state index contributed by atoms with van der Waals surface area (Å²) in [5, 5.41) is 1.46. The lowest BCUT2D eigenvalue weighted by Gasteiger charge is -2.06. The predicted octanol–water partition coefficient (Wildman–Crippen LogP) is 4.60. The van der Waals surface area contributed by atoms with Gasteiger partial charge < -0.3 is 0 Å². The third kappa shape index (κ3) is 4.51. The van der Waals surface area contributed by atoms with E-state index < -0.39 is 10.0 Å². The van der Waals surface area contributed by atoms with Gasteiger partial charge in [0.15, 0.2) is 0 Å². The summed E-state index contributed by atoms with van der Waals surface area (Å²) in [4.78, 5) is 5.91. The standard InChI is InChI=1S/C19H19ClN2O2S2/c1-13-3-5-15(6-4-13)19-22-14(2)18(25-19)11-12-21-26(23,24)17-9-7-16(20)8-10-17/h3-10,21H,11-12H2,1-2H3. The molecule has 0 radical (unpaired) electrons. The highest BCUT2D eigenvalue weighted by Gasteiger charge is 2.15. The maximum absolute atomic E-state index is 12.3. The van der Waals surface area contributed by atoms with Crippen molar-refractivity contribution in [2.75, 3.05) is 6.54 Å². The minimum absolute atomic E-state index is 0.211. The lowest BCUT2D eigenvalue weighted by atomic mass is 10.2. The Morgan fingerprint density at radius 2 is 1.69 bits per heavy atom. The van der Waals surface area contributed by atoms with Gasteiger partial charge in [-0.05, 0) is 44.5 Å². The zero-order valence-corrected chi connectivity index (χ0v) is 16.9. The molecule has 7 heteroatoms. The highest BCUT2D eigenvalue weighted by atomic mass is 35.5. The molecule has 0 saturated carbocycles. The van der Waals surface area contributed by atoms with Gasteiger partial charge in [0.1, 0.15) is 5.01 Å². The van der Waals surface area contributed by atoms with Crippen molar-refractivity contribution in [1.82, 2.24) is 9.71 Å². The summed E-state index contributed by atoms with van der Waals surface area (Å²) in [6.07, 6.45) is 0.599. The van der Waals surface area contributed by atoms with Gasteiger partial charge in [-0.2, -0.15) is 0 Å². The summed E-state index contributed by atoms with van der Waals surface area (Å²) >= 11 is 7.41. The van der Waals surface area contributed by atoms with Crippen LogP contribution >= 0.6 is 22.9 Å². The maximum Gasteiger partial charge on any atom is 0.240 e. The highest BCUT2D eigenvalue weighted by Crippen LogP contribution is 2.28. The fraction of sp³-hybridized carbons (Fsp3) is 0.211. The van der Waals surface area contributed by atoms with Crippen LogP contribution in [0, 0.1) is 13.8 Å². The van der Waals surface area contributed by atoms with E-state index in [1.54, 1.807) is 23.5 Å². The molecule has 1 heterocycles. The van der Waals surface area contributed by atoms with Gasteiger partial charge in [-0.3, -0.25) is 0 Å². The first-order valence-corrected chi connectivity index (χ1v) is 10.8. The summed E-state index contributed by atoms with van der Waals surface area (Å²) in [6.45, 7) is 4.33. The zero-order chi connectivity index (χ0) is 18.7. The molecule has 0 aliphatic rings. The van der Waals surface area contributed by atoms with E-state index in [-0.39, 0.29) is 4.90 Å². The molecule has 0 fully saturated rings. The average molecular weight is 407 g/mol. The largest absolute Gasteiger partial charge is 0.241 e. The molecule has 0 bridgehead atoms. The van der Waals surface area contributed by atoms with Gasteiger partial charge in [0.25, 0.3) is 0 Å². The van der Waals surface area contributed by atoms with Crippen LogP contribution < -0.4 is 4.72 Å². The molecule has 3 rings (SSSR count). The van der Waals surface area contributed by atoms with Gasteiger partial charge in [0.2, 0.25) is 10.0 Å². The van der Waals surface area contributed by atoms with E-state index in [4.69, 9.17) is 11.6 Å². The molecular formula is C19H19ClN2O2S2. The SMILES string of the molecule is Cc1ccc(-c2nc(C)c(CCNS(=O)(=O)c3ccc(Cl)cc3)s2)cc1. The van der Waals surface area contributed by atoms with E-state index >= 15 is 0 Å². The number of sulfonamides is 1. The Hall–Kier alpha value is -1.73. The molecule has 0 aliphatic heterocycles. The van der Waals surface area contributed by atoms with E-state index in [1.165, 1.54) is 17.7 Å². The van der Waals surface area contributed by atoms with Gasteiger partial charge in [-0.1, -0.05) is 41.4 Å². The molecule has 2 aromatic carbocycles. The van der Waals surface area contributed by atoms with E-state index in [0.29, 0.717) is 18.0 Å². The van der Waals surface area contributed by atoms with E-state index in [9.17, 15) is 8.42 Å². The third-order valence-electron chi connectivity index (χ3n) is 3.96. The van der Waals surface area contributed by atoms with Gasteiger partial charge in [-0.15, -0.1) is 11.3 Å². The highest BCUT2D eigenvalue weighted by molar-refractivity contribution is 7.89. The second kappa shape index (κ2) is 7.88. The van der Waals surface area contributed by atoms with E-state index in [2.05, 4.69) is 40.9 Å². The Morgan fingerprint density at radius 3 is 2.35 bits per heavy atom. The fourth-order valence-corrected chi connectivity index (χ4v) is 4.70. The second-order valence-electron chi connectivity index (χ2n) is 6.00. The smallest absolute Gasteiger partial charge is 0.240 e. The Bertz CT molecular complexity index is 995. The van der Waals surface area contributed by atoms with Crippen LogP contribution in [0.1, 0.15) is 16.1 Å². The third-order valence-corrected chi connectivity index (χ3v) is 6.95. The van der Waals surface area contributed by atoms with Crippen LogP contribution in [-0.2, 0) is 16.4 Å². The number of aromatic nitrogens is 1. The van der Waals surface area contributed by atoms with Crippen LogP contribution in [0.3, 0.4) is 0 Å². The van der Waals surface area contributed by atoms with Crippen LogP contribution in [-0.4, -0.2) is 19.9 Å². The molecule has 3 aromatic rings. The molecule has 136 valence electrons. The molecule has 1 aromatic heterocycles. The van der Waals surface area contributed by atoms with Crippen LogP contribution in [0.25, 0.3) is 10.6 Å². The monoisotopic (exact) mass is 406 g/mol. The Morgan fingerprint density at radius 1 is 1.04 bits per heavy atom.